The van der Waals surface area contributed by atoms with Gasteiger partial charge in [0.15, 0.2) is 0 Å². The van der Waals surface area contributed by atoms with Crippen molar-refractivity contribution in [2.45, 2.75) is 44.6 Å². The number of hydrogen-bond donors (Lipinski definition) is 2. The second kappa shape index (κ2) is 6.63. The lowest BCUT2D eigenvalue weighted by Gasteiger charge is -2.23. The van der Waals surface area contributed by atoms with Gasteiger partial charge in [-0.25, -0.2) is 0 Å². The topological polar surface area (TPSA) is 86.7 Å². The highest BCUT2D eigenvalue weighted by Gasteiger charge is 2.38. The number of anilines is 1. The summed E-state index contributed by atoms with van der Waals surface area (Å²) in [5, 5.41) is 12.2. The molecule has 1 heterocycles. The summed E-state index contributed by atoms with van der Waals surface area (Å²) in [6.07, 6.45) is 3.86. The second-order valence-corrected chi connectivity index (χ2v) is 6.61. The molecule has 0 radical (unpaired) electrons. The standard InChI is InChI=1S/C18H22N2O4/c1-11(19-16(21)12-6-2-3-7-12)17(22)20-10-14(18(23)24)13-8-4-5-9-15(13)20/h4-5,8-9,11-12,14H,2-3,6-7,10H2,1H3,(H,19,21)(H,23,24)/t11-,14-/m0/s1. The number of para-hydroxylation sites is 1. The van der Waals surface area contributed by atoms with Crippen LogP contribution in [0, 0.1) is 5.92 Å². The molecule has 1 aromatic carbocycles. The lowest BCUT2D eigenvalue weighted by Crippen LogP contribution is -2.48. The van der Waals surface area contributed by atoms with E-state index in [0.717, 1.165) is 25.7 Å². The maximum Gasteiger partial charge on any atom is 0.312 e. The molecule has 2 atom stereocenters. The fourth-order valence-electron chi connectivity index (χ4n) is 3.64. The quantitative estimate of drug-likeness (QED) is 0.883. The number of carbonyl (C=O) groups excluding carboxylic acids is 2. The normalized spacial score (nSPS) is 21.4. The average molecular weight is 330 g/mol. The molecule has 0 spiro atoms. The van der Waals surface area contributed by atoms with Crippen molar-refractivity contribution in [3.05, 3.63) is 29.8 Å². The molecule has 6 heteroatoms. The van der Waals surface area contributed by atoms with Crippen LogP contribution in [-0.2, 0) is 14.4 Å². The first-order valence-electron chi connectivity index (χ1n) is 8.42. The van der Waals surface area contributed by atoms with E-state index >= 15 is 0 Å². The summed E-state index contributed by atoms with van der Waals surface area (Å²) in [6, 6.07) is 6.38. The van der Waals surface area contributed by atoms with Crippen LogP contribution in [0.1, 0.15) is 44.1 Å². The fraction of sp³-hybridized carbons (Fsp3) is 0.500. The molecule has 1 fully saturated rings. The first-order valence-corrected chi connectivity index (χ1v) is 8.42. The Balaban J connectivity index is 1.72. The number of carboxylic acid groups (broad SMARTS) is 1. The summed E-state index contributed by atoms with van der Waals surface area (Å²) in [6.45, 7) is 1.77. The third-order valence-corrected chi connectivity index (χ3v) is 4.99. The summed E-state index contributed by atoms with van der Waals surface area (Å²) in [5.74, 6) is -2.01. The number of nitrogens with zero attached hydrogens (tertiary/aromatic N) is 1. The summed E-state index contributed by atoms with van der Waals surface area (Å²) in [4.78, 5) is 37.9. The number of benzene rings is 1. The van der Waals surface area contributed by atoms with Crippen molar-refractivity contribution in [2.24, 2.45) is 5.92 Å². The zero-order chi connectivity index (χ0) is 17.3. The van der Waals surface area contributed by atoms with E-state index in [4.69, 9.17) is 0 Å². The third-order valence-electron chi connectivity index (χ3n) is 4.99. The van der Waals surface area contributed by atoms with E-state index in [9.17, 15) is 19.5 Å². The van der Waals surface area contributed by atoms with Gasteiger partial charge in [0, 0.05) is 18.2 Å². The van der Waals surface area contributed by atoms with Gasteiger partial charge >= 0.3 is 5.97 Å². The average Bonchev–Trinajstić information content (AvgIpc) is 3.22. The molecule has 1 aromatic rings. The monoisotopic (exact) mass is 330 g/mol. The van der Waals surface area contributed by atoms with Crippen LogP contribution in [-0.4, -0.2) is 35.5 Å². The minimum atomic E-state index is -0.944. The van der Waals surface area contributed by atoms with E-state index in [1.807, 2.05) is 0 Å². The summed E-state index contributed by atoms with van der Waals surface area (Å²) >= 11 is 0. The predicted molar refractivity (Wildman–Crippen MR) is 88.7 cm³/mol. The van der Waals surface area contributed by atoms with E-state index in [1.54, 1.807) is 31.2 Å². The summed E-state index contributed by atoms with van der Waals surface area (Å²) in [7, 11) is 0. The van der Waals surface area contributed by atoms with E-state index in [-0.39, 0.29) is 24.3 Å². The lowest BCUT2D eigenvalue weighted by atomic mass is 10.0. The lowest BCUT2D eigenvalue weighted by molar-refractivity contribution is -0.138. The SMILES string of the molecule is C[C@H](NC(=O)C1CCCC1)C(=O)N1C[C@H](C(=O)O)c2ccccc21. The van der Waals surface area contributed by atoms with Gasteiger partial charge in [0.05, 0.1) is 0 Å². The molecular weight excluding hydrogens is 308 g/mol. The highest BCUT2D eigenvalue weighted by atomic mass is 16.4. The molecule has 0 aromatic heterocycles. The molecule has 1 saturated carbocycles. The fourth-order valence-corrected chi connectivity index (χ4v) is 3.64. The van der Waals surface area contributed by atoms with Crippen LogP contribution in [0.25, 0.3) is 0 Å². The molecule has 128 valence electrons. The Labute approximate surface area is 140 Å². The van der Waals surface area contributed by atoms with Crippen molar-refractivity contribution in [2.75, 3.05) is 11.4 Å². The molecule has 3 rings (SSSR count). The molecule has 2 N–H and O–H groups in total. The van der Waals surface area contributed by atoms with E-state index in [1.165, 1.54) is 4.90 Å². The van der Waals surface area contributed by atoms with E-state index < -0.39 is 17.9 Å². The zero-order valence-corrected chi connectivity index (χ0v) is 13.7. The van der Waals surface area contributed by atoms with E-state index in [0.29, 0.717) is 11.3 Å². The van der Waals surface area contributed by atoms with Crippen LogP contribution in [0.4, 0.5) is 5.69 Å². The van der Waals surface area contributed by atoms with Crippen molar-refractivity contribution in [3.63, 3.8) is 0 Å². The van der Waals surface area contributed by atoms with Gasteiger partial charge < -0.3 is 15.3 Å². The number of nitrogens with one attached hydrogen (secondary N) is 1. The largest absolute Gasteiger partial charge is 0.481 e. The Hall–Kier alpha value is -2.37. The van der Waals surface area contributed by atoms with Gasteiger partial charge in [0.2, 0.25) is 11.8 Å². The summed E-state index contributed by atoms with van der Waals surface area (Å²) < 4.78 is 0. The Kier molecular flexibility index (Phi) is 4.55. The molecule has 0 unspecified atom stereocenters. The van der Waals surface area contributed by atoms with Crippen LogP contribution in [0.15, 0.2) is 24.3 Å². The highest BCUT2D eigenvalue weighted by Crippen LogP contribution is 2.36. The van der Waals surface area contributed by atoms with Crippen molar-refractivity contribution >= 4 is 23.5 Å². The molecule has 1 aliphatic carbocycles. The van der Waals surface area contributed by atoms with Crippen molar-refractivity contribution < 1.29 is 19.5 Å². The van der Waals surface area contributed by atoms with Crippen LogP contribution in [0.2, 0.25) is 0 Å². The number of aliphatic carboxylic acids is 1. The maximum atomic E-state index is 12.7. The molecule has 2 aliphatic rings. The Morgan fingerprint density at radius 3 is 2.54 bits per heavy atom. The molecule has 6 nitrogen and oxygen atoms in total. The van der Waals surface area contributed by atoms with Crippen molar-refractivity contribution in [1.29, 1.82) is 0 Å². The van der Waals surface area contributed by atoms with Gasteiger partial charge in [-0.05, 0) is 31.4 Å². The Morgan fingerprint density at radius 1 is 1.21 bits per heavy atom. The molecule has 0 saturated heterocycles. The zero-order valence-electron chi connectivity index (χ0n) is 13.7. The van der Waals surface area contributed by atoms with Crippen LogP contribution >= 0.6 is 0 Å². The maximum absolute atomic E-state index is 12.7. The number of rotatable bonds is 4. The number of carboxylic acids is 1. The van der Waals surface area contributed by atoms with Crippen LogP contribution in [0.3, 0.4) is 0 Å². The molecule has 0 bridgehead atoms. The van der Waals surface area contributed by atoms with Crippen molar-refractivity contribution in [3.8, 4) is 0 Å². The first kappa shape index (κ1) is 16.5. The van der Waals surface area contributed by atoms with E-state index in [2.05, 4.69) is 5.32 Å². The summed E-state index contributed by atoms with van der Waals surface area (Å²) in [5.41, 5.74) is 1.27. The van der Waals surface area contributed by atoms with Gasteiger partial charge in [-0.3, -0.25) is 14.4 Å². The number of amides is 2. The minimum absolute atomic E-state index is 0.00196. The smallest absolute Gasteiger partial charge is 0.312 e. The molecule has 2 amide bonds. The molecule has 24 heavy (non-hydrogen) atoms. The van der Waals surface area contributed by atoms with Crippen LogP contribution < -0.4 is 10.2 Å². The van der Waals surface area contributed by atoms with Gasteiger partial charge in [-0.2, -0.15) is 0 Å². The minimum Gasteiger partial charge on any atom is -0.481 e. The third kappa shape index (κ3) is 3.00. The van der Waals surface area contributed by atoms with Gasteiger partial charge in [-0.15, -0.1) is 0 Å². The van der Waals surface area contributed by atoms with Gasteiger partial charge in [-0.1, -0.05) is 31.0 Å². The number of fused-ring (bicyclic) bond motifs is 1. The Morgan fingerprint density at radius 2 is 1.88 bits per heavy atom. The highest BCUT2D eigenvalue weighted by molar-refractivity contribution is 6.02. The Bertz CT molecular complexity index is 667. The van der Waals surface area contributed by atoms with Gasteiger partial charge in [0.25, 0.3) is 0 Å². The van der Waals surface area contributed by atoms with Crippen LogP contribution in [0.5, 0.6) is 0 Å². The second-order valence-electron chi connectivity index (χ2n) is 6.61. The van der Waals surface area contributed by atoms with Gasteiger partial charge in [0.1, 0.15) is 12.0 Å². The molecular formula is C18H22N2O4. The first-order chi connectivity index (χ1) is 11.5. The van der Waals surface area contributed by atoms with Crippen molar-refractivity contribution in [1.82, 2.24) is 5.32 Å². The number of hydrogen-bond acceptors (Lipinski definition) is 3. The predicted octanol–water partition coefficient (Wildman–Crippen LogP) is 1.90. The number of carbonyl (C=O) groups is 3. The molecule has 1 aliphatic heterocycles.